The number of amides is 2. The molecule has 0 saturated carbocycles. The van der Waals surface area contributed by atoms with Crippen LogP contribution in [0.2, 0.25) is 0 Å². The third-order valence-corrected chi connectivity index (χ3v) is 6.09. The number of nitrogens with one attached hydrogen (secondary N) is 1. The van der Waals surface area contributed by atoms with Crippen molar-refractivity contribution in [3.8, 4) is 0 Å². The van der Waals surface area contributed by atoms with Gasteiger partial charge >= 0.3 is 6.03 Å². The molecule has 1 unspecified atom stereocenters. The number of benzene rings is 2. The van der Waals surface area contributed by atoms with Crippen LogP contribution in [0.15, 0.2) is 48.5 Å². The highest BCUT2D eigenvalue weighted by Gasteiger charge is 2.30. The summed E-state index contributed by atoms with van der Waals surface area (Å²) < 4.78 is 14.3. The number of nitrogens with zero attached hydrogens (tertiary/aromatic N) is 2. The summed E-state index contributed by atoms with van der Waals surface area (Å²) in [6.07, 6.45) is 4.26. The van der Waals surface area contributed by atoms with Gasteiger partial charge in [-0.05, 0) is 56.4 Å². The van der Waals surface area contributed by atoms with Crippen molar-refractivity contribution in [2.45, 2.75) is 65.1 Å². The van der Waals surface area contributed by atoms with Crippen molar-refractivity contribution < 1.29 is 9.18 Å². The summed E-state index contributed by atoms with van der Waals surface area (Å²) in [6.45, 7) is 8.85. The maximum Gasteiger partial charge on any atom is 0.322 e. The van der Waals surface area contributed by atoms with E-state index in [2.05, 4.69) is 24.1 Å². The predicted molar refractivity (Wildman–Crippen MR) is 121 cm³/mol. The molecule has 2 amide bonds. The Bertz CT molecular complexity index is 818. The fraction of sp³-hybridized carbons (Fsp3) is 0.480. The Hall–Kier alpha value is -2.40. The average Bonchev–Trinajstić information content (AvgIpc) is 2.75. The van der Waals surface area contributed by atoms with Gasteiger partial charge in [0.2, 0.25) is 0 Å². The lowest BCUT2D eigenvalue weighted by molar-refractivity contribution is 0.0989. The van der Waals surface area contributed by atoms with E-state index in [1.165, 1.54) is 18.9 Å². The van der Waals surface area contributed by atoms with Crippen LogP contribution in [0.4, 0.5) is 14.9 Å². The Kier molecular flexibility index (Phi) is 7.86. The number of anilines is 1. The first-order chi connectivity index (χ1) is 14.5. The van der Waals surface area contributed by atoms with Crippen molar-refractivity contribution in [3.63, 3.8) is 0 Å². The van der Waals surface area contributed by atoms with Crippen molar-refractivity contribution >= 4 is 11.7 Å². The van der Waals surface area contributed by atoms with Crippen LogP contribution in [0.5, 0.6) is 0 Å². The largest absolute Gasteiger partial charge is 0.322 e. The van der Waals surface area contributed by atoms with E-state index in [9.17, 15) is 9.18 Å². The lowest BCUT2D eigenvalue weighted by Crippen LogP contribution is -2.50. The number of hydrogen-bond acceptors (Lipinski definition) is 2. The summed E-state index contributed by atoms with van der Waals surface area (Å²) in [5.41, 5.74) is 2.15. The summed E-state index contributed by atoms with van der Waals surface area (Å²) in [7, 11) is 0. The zero-order valence-corrected chi connectivity index (χ0v) is 18.4. The van der Waals surface area contributed by atoms with Crippen molar-refractivity contribution in [1.29, 1.82) is 0 Å². The third kappa shape index (κ3) is 5.82. The fourth-order valence-corrected chi connectivity index (χ4v) is 4.29. The Balaban J connectivity index is 1.73. The van der Waals surface area contributed by atoms with Crippen molar-refractivity contribution in [2.75, 3.05) is 18.4 Å². The number of urea groups is 1. The second kappa shape index (κ2) is 10.6. The SMILES string of the molecule is CCCC(C)N1CCC(N(Cc2ccccc2)C(=O)Nc2ccc(C)cc2F)CC1. The fourth-order valence-electron chi connectivity index (χ4n) is 4.29. The van der Waals surface area contributed by atoms with E-state index in [1.54, 1.807) is 6.07 Å². The van der Waals surface area contributed by atoms with Crippen molar-refractivity contribution in [3.05, 3.63) is 65.5 Å². The summed E-state index contributed by atoms with van der Waals surface area (Å²) >= 11 is 0. The number of hydrogen-bond donors (Lipinski definition) is 1. The Morgan fingerprint density at radius 1 is 1.20 bits per heavy atom. The van der Waals surface area contributed by atoms with Gasteiger partial charge in [0.05, 0.1) is 5.69 Å². The minimum Gasteiger partial charge on any atom is -0.317 e. The van der Waals surface area contributed by atoms with Gasteiger partial charge in [-0.3, -0.25) is 0 Å². The van der Waals surface area contributed by atoms with E-state index in [0.29, 0.717) is 12.6 Å². The number of aryl methyl sites for hydroxylation is 1. The number of rotatable bonds is 7. The van der Waals surface area contributed by atoms with E-state index in [4.69, 9.17) is 0 Å². The molecule has 30 heavy (non-hydrogen) atoms. The zero-order valence-electron chi connectivity index (χ0n) is 18.4. The van der Waals surface area contributed by atoms with Crippen molar-refractivity contribution in [1.82, 2.24) is 9.80 Å². The second-order valence-electron chi connectivity index (χ2n) is 8.43. The molecule has 2 aromatic carbocycles. The standard InChI is InChI=1S/C25H34FN3O/c1-4-8-20(3)28-15-13-22(14-16-28)29(18-21-9-6-5-7-10-21)25(30)27-24-12-11-19(2)17-23(24)26/h5-7,9-12,17,20,22H,4,8,13-16,18H2,1-3H3,(H,27,30). The molecule has 0 bridgehead atoms. The highest BCUT2D eigenvalue weighted by Crippen LogP contribution is 2.24. The molecule has 1 fully saturated rings. The van der Waals surface area contributed by atoms with Gasteiger partial charge in [-0.15, -0.1) is 0 Å². The number of likely N-dealkylation sites (tertiary alicyclic amines) is 1. The highest BCUT2D eigenvalue weighted by atomic mass is 19.1. The molecule has 162 valence electrons. The molecule has 5 heteroatoms. The average molecular weight is 412 g/mol. The Morgan fingerprint density at radius 3 is 2.53 bits per heavy atom. The molecule has 1 atom stereocenters. The molecule has 1 saturated heterocycles. The van der Waals surface area contributed by atoms with E-state index >= 15 is 0 Å². The third-order valence-electron chi connectivity index (χ3n) is 6.09. The van der Waals surface area contributed by atoms with Gasteiger partial charge in [0.1, 0.15) is 5.82 Å². The van der Waals surface area contributed by atoms with Gasteiger partial charge in [-0.2, -0.15) is 0 Å². The molecule has 2 aromatic rings. The van der Waals surface area contributed by atoms with Gasteiger partial charge in [0.25, 0.3) is 0 Å². The molecule has 1 N–H and O–H groups in total. The van der Waals surface area contributed by atoms with E-state index < -0.39 is 5.82 Å². The summed E-state index contributed by atoms with van der Waals surface area (Å²) in [6, 6.07) is 15.4. The normalized spacial score (nSPS) is 16.3. The van der Waals surface area contributed by atoms with Crippen LogP contribution < -0.4 is 5.32 Å². The van der Waals surface area contributed by atoms with Crippen LogP contribution in [-0.4, -0.2) is 41.0 Å². The van der Waals surface area contributed by atoms with Crippen LogP contribution in [0.1, 0.15) is 50.7 Å². The maximum absolute atomic E-state index is 14.3. The van der Waals surface area contributed by atoms with Gasteiger partial charge in [-0.1, -0.05) is 49.7 Å². The molecule has 1 aliphatic heterocycles. The first-order valence-corrected chi connectivity index (χ1v) is 11.1. The van der Waals surface area contributed by atoms with Gasteiger partial charge in [0, 0.05) is 31.7 Å². The van der Waals surface area contributed by atoms with E-state index in [0.717, 1.165) is 37.1 Å². The van der Waals surface area contributed by atoms with Gasteiger partial charge in [0.15, 0.2) is 0 Å². The van der Waals surface area contributed by atoms with Crippen LogP contribution >= 0.6 is 0 Å². The van der Waals surface area contributed by atoms with E-state index in [-0.39, 0.29) is 17.8 Å². The predicted octanol–water partition coefficient (Wildman–Crippen LogP) is 5.82. The van der Waals surface area contributed by atoms with Crippen molar-refractivity contribution in [2.24, 2.45) is 0 Å². The maximum atomic E-state index is 14.3. The van der Waals surface area contributed by atoms with Crippen LogP contribution in [0.3, 0.4) is 0 Å². The smallest absolute Gasteiger partial charge is 0.317 e. The molecular formula is C25H34FN3O. The highest BCUT2D eigenvalue weighted by molar-refractivity contribution is 5.89. The number of carbonyl (C=O) groups is 1. The minimum atomic E-state index is -0.397. The zero-order chi connectivity index (χ0) is 21.5. The summed E-state index contributed by atoms with van der Waals surface area (Å²) in [5.74, 6) is -0.397. The van der Waals surface area contributed by atoms with Crippen LogP contribution in [0, 0.1) is 12.7 Å². The molecule has 0 aliphatic carbocycles. The first-order valence-electron chi connectivity index (χ1n) is 11.1. The van der Waals surface area contributed by atoms with Gasteiger partial charge < -0.3 is 15.1 Å². The lowest BCUT2D eigenvalue weighted by atomic mass is 10.00. The topological polar surface area (TPSA) is 35.6 Å². The van der Waals surface area contributed by atoms with E-state index in [1.807, 2.05) is 48.2 Å². The second-order valence-corrected chi connectivity index (χ2v) is 8.43. The molecule has 4 nitrogen and oxygen atoms in total. The molecule has 1 heterocycles. The molecule has 0 aromatic heterocycles. The quantitative estimate of drug-likeness (QED) is 0.623. The number of piperidine rings is 1. The van der Waals surface area contributed by atoms with Crippen LogP contribution in [-0.2, 0) is 6.54 Å². The minimum absolute atomic E-state index is 0.142. The Labute approximate surface area is 180 Å². The van der Waals surface area contributed by atoms with Gasteiger partial charge in [-0.25, -0.2) is 9.18 Å². The monoisotopic (exact) mass is 411 g/mol. The molecular weight excluding hydrogens is 377 g/mol. The molecule has 0 radical (unpaired) electrons. The molecule has 0 spiro atoms. The molecule has 1 aliphatic rings. The molecule has 3 rings (SSSR count). The lowest BCUT2D eigenvalue weighted by Gasteiger charge is -2.40. The number of carbonyl (C=O) groups excluding carboxylic acids is 1. The van der Waals surface area contributed by atoms with Crippen LogP contribution in [0.25, 0.3) is 0 Å². The number of halogens is 1. The summed E-state index contributed by atoms with van der Waals surface area (Å²) in [5, 5.41) is 2.81. The summed E-state index contributed by atoms with van der Waals surface area (Å²) in [4.78, 5) is 17.6. The first kappa shape index (κ1) is 22.3. The Morgan fingerprint density at radius 2 is 1.90 bits per heavy atom.